The fourth-order valence-corrected chi connectivity index (χ4v) is 3.13. The fraction of sp³-hybridized carbons (Fsp3) is 0.211. The number of hydrogen-bond acceptors (Lipinski definition) is 3. The minimum Gasteiger partial charge on any atom is -0.386 e. The Morgan fingerprint density at radius 3 is 2.44 bits per heavy atom. The van der Waals surface area contributed by atoms with E-state index in [1.54, 1.807) is 50.6 Å². The summed E-state index contributed by atoms with van der Waals surface area (Å²) >= 11 is 13.5. The van der Waals surface area contributed by atoms with Crippen LogP contribution in [0.1, 0.15) is 19.5 Å². The van der Waals surface area contributed by atoms with Crippen molar-refractivity contribution in [1.29, 1.82) is 0 Å². The smallest absolute Gasteiger partial charge is 0.107 e. The van der Waals surface area contributed by atoms with E-state index in [1.165, 1.54) is 11.8 Å². The Bertz CT molecular complexity index is 765. The van der Waals surface area contributed by atoms with Crippen LogP contribution in [0.2, 0.25) is 0 Å². The van der Waals surface area contributed by atoms with Crippen LogP contribution in [0, 0.1) is 0 Å². The van der Waals surface area contributed by atoms with Crippen LogP contribution < -0.4 is 0 Å². The van der Waals surface area contributed by atoms with Crippen molar-refractivity contribution in [2.24, 2.45) is 7.05 Å². The number of rotatable bonds is 8. The van der Waals surface area contributed by atoms with E-state index in [4.69, 9.17) is 23.2 Å². The van der Waals surface area contributed by atoms with Crippen LogP contribution in [0.25, 0.3) is 6.08 Å². The normalized spacial score (nSPS) is 13.4. The lowest BCUT2D eigenvalue weighted by atomic mass is 9.97. The van der Waals surface area contributed by atoms with E-state index < -0.39 is 5.60 Å². The monoisotopic (exact) mass is 396 g/mol. The molecule has 1 heterocycles. The van der Waals surface area contributed by atoms with Gasteiger partial charge >= 0.3 is 0 Å². The van der Waals surface area contributed by atoms with Crippen molar-refractivity contribution in [1.82, 2.24) is 9.55 Å². The second-order valence-electron chi connectivity index (χ2n) is 5.75. The number of allylic oxidation sites excluding steroid dienone is 5. The van der Waals surface area contributed by atoms with Gasteiger partial charge in [0.25, 0.3) is 0 Å². The maximum atomic E-state index is 10.1. The van der Waals surface area contributed by atoms with Crippen LogP contribution >= 0.6 is 35.0 Å². The topological polar surface area (TPSA) is 38.0 Å². The van der Waals surface area contributed by atoms with E-state index in [-0.39, 0.29) is 0 Å². The molecule has 0 atom stereocenters. The zero-order chi connectivity index (χ0) is 19.2. The molecule has 0 aliphatic carbocycles. The molecule has 1 aromatic heterocycles. The minimum atomic E-state index is -1.08. The average Bonchev–Trinajstić information content (AvgIpc) is 2.83. The summed E-state index contributed by atoms with van der Waals surface area (Å²) in [5.41, 5.74) is 0.209. The van der Waals surface area contributed by atoms with Crippen molar-refractivity contribution in [2.75, 3.05) is 0 Å². The van der Waals surface area contributed by atoms with Crippen molar-refractivity contribution in [3.63, 3.8) is 0 Å². The van der Waals surface area contributed by atoms with Crippen LogP contribution in [0.4, 0.5) is 0 Å². The summed E-state index contributed by atoms with van der Waals surface area (Å²) in [4.78, 5) is 5.16. The summed E-state index contributed by atoms with van der Waals surface area (Å²) in [6.45, 7) is 14.6. The fourth-order valence-electron chi connectivity index (χ4n) is 1.90. The number of aromatic nitrogens is 2. The molecular weight excluding hydrogens is 375 g/mol. The van der Waals surface area contributed by atoms with E-state index in [1.807, 2.05) is 11.6 Å². The number of aryl methyl sites for hydroxylation is 1. The first-order valence-corrected chi connectivity index (χ1v) is 8.97. The number of aliphatic hydroxyl groups is 1. The Balaban J connectivity index is 3.09. The van der Waals surface area contributed by atoms with E-state index in [0.29, 0.717) is 15.6 Å². The van der Waals surface area contributed by atoms with Gasteiger partial charge in [-0.05, 0) is 38.2 Å². The number of thioether (sulfide) groups is 1. The Labute approximate surface area is 163 Å². The largest absolute Gasteiger partial charge is 0.386 e. The van der Waals surface area contributed by atoms with Crippen LogP contribution in [0.5, 0.6) is 0 Å². The van der Waals surface area contributed by atoms with Gasteiger partial charge in [0.05, 0.1) is 17.6 Å². The lowest BCUT2D eigenvalue weighted by Crippen LogP contribution is -2.21. The van der Waals surface area contributed by atoms with Crippen LogP contribution in [0.15, 0.2) is 75.9 Å². The maximum Gasteiger partial charge on any atom is 0.107 e. The van der Waals surface area contributed by atoms with Gasteiger partial charge in [0, 0.05) is 27.6 Å². The van der Waals surface area contributed by atoms with E-state index in [2.05, 4.69) is 24.7 Å². The third-order valence-electron chi connectivity index (χ3n) is 3.10. The van der Waals surface area contributed by atoms with Gasteiger partial charge in [-0.3, -0.25) is 0 Å². The summed E-state index contributed by atoms with van der Waals surface area (Å²) in [6, 6.07) is 0. The molecular formula is C19H22Cl2N2OS. The Hall–Kier alpha value is -1.46. The Morgan fingerprint density at radius 2 is 1.92 bits per heavy atom. The van der Waals surface area contributed by atoms with Gasteiger partial charge in [-0.1, -0.05) is 60.8 Å². The van der Waals surface area contributed by atoms with Gasteiger partial charge in [0.2, 0.25) is 0 Å². The molecule has 0 amide bonds. The summed E-state index contributed by atoms with van der Waals surface area (Å²) in [6.07, 6.45) is 10.2. The SMILES string of the molecule is C=C/C(=C(Cl)\C=C\c1ncn(C)c1SC(=C)/C=C\C(=C)Cl)C(C)(C)O. The summed E-state index contributed by atoms with van der Waals surface area (Å²) < 4.78 is 1.89. The Morgan fingerprint density at radius 1 is 1.28 bits per heavy atom. The van der Waals surface area contributed by atoms with Gasteiger partial charge in [0.15, 0.2) is 0 Å². The van der Waals surface area contributed by atoms with E-state index in [9.17, 15) is 5.11 Å². The summed E-state index contributed by atoms with van der Waals surface area (Å²) in [5, 5.41) is 11.9. The van der Waals surface area contributed by atoms with Gasteiger partial charge in [-0.2, -0.15) is 0 Å². The van der Waals surface area contributed by atoms with Crippen molar-refractivity contribution in [3.8, 4) is 0 Å². The van der Waals surface area contributed by atoms with Crippen LogP contribution in [0.3, 0.4) is 0 Å². The van der Waals surface area contributed by atoms with Crippen molar-refractivity contribution in [2.45, 2.75) is 24.5 Å². The second kappa shape index (κ2) is 9.30. The highest BCUT2D eigenvalue weighted by Gasteiger charge is 2.19. The molecule has 134 valence electrons. The quantitative estimate of drug-likeness (QED) is 0.445. The predicted molar refractivity (Wildman–Crippen MR) is 111 cm³/mol. The van der Waals surface area contributed by atoms with E-state index >= 15 is 0 Å². The first-order chi connectivity index (χ1) is 11.6. The third kappa shape index (κ3) is 6.75. The maximum absolute atomic E-state index is 10.1. The molecule has 0 aliphatic rings. The average molecular weight is 397 g/mol. The molecule has 25 heavy (non-hydrogen) atoms. The van der Waals surface area contributed by atoms with Gasteiger partial charge in [-0.15, -0.1) is 0 Å². The molecule has 0 saturated heterocycles. The molecule has 0 spiro atoms. The first-order valence-electron chi connectivity index (χ1n) is 7.40. The zero-order valence-corrected chi connectivity index (χ0v) is 16.9. The van der Waals surface area contributed by atoms with Crippen LogP contribution in [-0.2, 0) is 7.05 Å². The number of imidazole rings is 1. The summed E-state index contributed by atoms with van der Waals surface area (Å²) in [7, 11) is 1.90. The highest BCUT2D eigenvalue weighted by Crippen LogP contribution is 2.31. The first kappa shape index (κ1) is 21.6. The van der Waals surface area contributed by atoms with Gasteiger partial charge in [0.1, 0.15) is 5.03 Å². The number of hydrogen-bond donors (Lipinski definition) is 1. The summed E-state index contributed by atoms with van der Waals surface area (Å²) in [5.74, 6) is 0. The lowest BCUT2D eigenvalue weighted by molar-refractivity contribution is 0.123. The van der Waals surface area contributed by atoms with Crippen molar-refractivity contribution in [3.05, 3.63) is 76.6 Å². The molecule has 1 aromatic rings. The van der Waals surface area contributed by atoms with Crippen molar-refractivity contribution < 1.29 is 5.11 Å². The number of nitrogens with zero attached hydrogens (tertiary/aromatic N) is 2. The third-order valence-corrected chi connectivity index (χ3v) is 4.64. The molecule has 0 fully saturated rings. The molecule has 6 heteroatoms. The second-order valence-corrected chi connectivity index (χ2v) is 7.76. The minimum absolute atomic E-state index is 0.404. The molecule has 1 N–H and O–H groups in total. The molecule has 0 radical (unpaired) electrons. The van der Waals surface area contributed by atoms with E-state index in [0.717, 1.165) is 15.6 Å². The molecule has 1 rings (SSSR count). The van der Waals surface area contributed by atoms with Gasteiger partial charge < -0.3 is 9.67 Å². The zero-order valence-electron chi connectivity index (χ0n) is 14.6. The molecule has 0 bridgehead atoms. The van der Waals surface area contributed by atoms with Crippen LogP contribution in [-0.4, -0.2) is 20.3 Å². The van der Waals surface area contributed by atoms with Gasteiger partial charge in [-0.25, -0.2) is 4.98 Å². The standard InChI is InChI=1S/C19H22Cl2N2OS/c1-7-15(19(4,5)24)16(21)10-11-17-18(23(6)12-22-17)25-14(3)9-8-13(2)20/h7-12,24H,1-3H2,4-6H3/b9-8-,11-10+,16-15-. The molecule has 0 unspecified atom stereocenters. The predicted octanol–water partition coefficient (Wildman–Crippen LogP) is 5.80. The number of halogens is 2. The highest BCUT2D eigenvalue weighted by atomic mass is 35.5. The molecule has 3 nitrogen and oxygen atoms in total. The lowest BCUT2D eigenvalue weighted by Gasteiger charge is -2.19. The van der Waals surface area contributed by atoms with Crippen molar-refractivity contribution >= 4 is 41.0 Å². The Kier molecular flexibility index (Phi) is 8.03. The molecule has 0 saturated carbocycles. The molecule has 0 aromatic carbocycles. The molecule has 0 aliphatic heterocycles. The highest BCUT2D eigenvalue weighted by molar-refractivity contribution is 8.03.